The Kier molecular flexibility index (Phi) is 3.19. The van der Waals surface area contributed by atoms with Crippen molar-refractivity contribution in [1.29, 1.82) is 0 Å². The summed E-state index contributed by atoms with van der Waals surface area (Å²) in [5.41, 5.74) is 0.616. The molecule has 0 saturated heterocycles. The van der Waals surface area contributed by atoms with E-state index in [0.717, 1.165) is 0 Å². The normalized spacial score (nSPS) is 22.2. The van der Waals surface area contributed by atoms with Gasteiger partial charge in [0.15, 0.2) is 6.10 Å². The summed E-state index contributed by atoms with van der Waals surface area (Å²) in [6, 6.07) is 8.80. The number of aliphatic hydroxyl groups excluding tert-OH is 1. The van der Waals surface area contributed by atoms with Crippen molar-refractivity contribution in [3.05, 3.63) is 46.0 Å². The Bertz CT molecular complexity index is 442. The standard InChI is InChI=1S/C11H8Cl2O3/c12-7-8(13)11(15)16-10(7)9(14)6-4-2-1-3-5-6/h1-5,9-10,14H/t9-,10+/m1/s1. The summed E-state index contributed by atoms with van der Waals surface area (Å²) >= 11 is 11.4. The van der Waals surface area contributed by atoms with Crippen molar-refractivity contribution in [1.82, 2.24) is 0 Å². The molecule has 0 spiro atoms. The molecule has 1 aromatic rings. The monoisotopic (exact) mass is 258 g/mol. The number of rotatable bonds is 2. The lowest BCUT2D eigenvalue weighted by Gasteiger charge is -2.17. The van der Waals surface area contributed by atoms with Crippen molar-refractivity contribution in [3.63, 3.8) is 0 Å². The van der Waals surface area contributed by atoms with Crippen molar-refractivity contribution >= 4 is 29.2 Å². The number of carbonyl (C=O) groups is 1. The van der Waals surface area contributed by atoms with E-state index in [0.29, 0.717) is 5.56 Å². The van der Waals surface area contributed by atoms with Gasteiger partial charge >= 0.3 is 5.97 Å². The topological polar surface area (TPSA) is 46.5 Å². The van der Waals surface area contributed by atoms with Crippen LogP contribution in [0.25, 0.3) is 0 Å². The molecular formula is C11H8Cl2O3. The highest BCUT2D eigenvalue weighted by molar-refractivity contribution is 6.48. The quantitative estimate of drug-likeness (QED) is 0.829. The predicted octanol–water partition coefficient (Wildman–Crippen LogP) is 2.33. The molecule has 1 aliphatic rings. The van der Waals surface area contributed by atoms with Crippen LogP contribution in [0.1, 0.15) is 11.7 Å². The van der Waals surface area contributed by atoms with Crippen molar-refractivity contribution in [2.24, 2.45) is 0 Å². The number of hydrogen-bond donors (Lipinski definition) is 1. The van der Waals surface area contributed by atoms with Gasteiger partial charge in [0, 0.05) is 0 Å². The maximum atomic E-state index is 11.1. The molecule has 3 nitrogen and oxygen atoms in total. The molecule has 1 aromatic carbocycles. The molecule has 0 radical (unpaired) electrons. The zero-order chi connectivity index (χ0) is 11.7. The summed E-state index contributed by atoms with van der Waals surface area (Å²) in [4.78, 5) is 11.1. The fraction of sp³-hybridized carbons (Fsp3) is 0.182. The molecule has 0 aromatic heterocycles. The van der Waals surface area contributed by atoms with E-state index in [9.17, 15) is 9.90 Å². The zero-order valence-corrected chi connectivity index (χ0v) is 9.57. The molecular weight excluding hydrogens is 251 g/mol. The third-order valence-electron chi connectivity index (χ3n) is 2.30. The van der Waals surface area contributed by atoms with Gasteiger partial charge in [-0.2, -0.15) is 0 Å². The van der Waals surface area contributed by atoms with E-state index in [2.05, 4.69) is 0 Å². The number of benzene rings is 1. The molecule has 2 atom stereocenters. The summed E-state index contributed by atoms with van der Waals surface area (Å²) in [5.74, 6) is -0.702. The van der Waals surface area contributed by atoms with Gasteiger partial charge in [-0.3, -0.25) is 0 Å². The first-order valence-electron chi connectivity index (χ1n) is 4.60. The zero-order valence-electron chi connectivity index (χ0n) is 8.06. The van der Waals surface area contributed by atoms with Gasteiger partial charge in [0.05, 0.1) is 5.03 Å². The molecule has 0 aliphatic carbocycles. The van der Waals surface area contributed by atoms with Crippen LogP contribution >= 0.6 is 23.2 Å². The fourth-order valence-electron chi connectivity index (χ4n) is 1.47. The van der Waals surface area contributed by atoms with Crippen molar-refractivity contribution in [2.75, 3.05) is 0 Å². The van der Waals surface area contributed by atoms with Crippen molar-refractivity contribution in [2.45, 2.75) is 12.2 Å². The third-order valence-corrected chi connectivity index (χ3v) is 3.16. The second kappa shape index (κ2) is 4.45. The van der Waals surface area contributed by atoms with Gasteiger partial charge in [-0.15, -0.1) is 0 Å². The molecule has 2 rings (SSSR count). The van der Waals surface area contributed by atoms with Crippen molar-refractivity contribution < 1.29 is 14.6 Å². The number of halogens is 2. The minimum absolute atomic E-state index is 0.0445. The molecule has 0 bridgehead atoms. The molecule has 1 N–H and O–H groups in total. The average Bonchev–Trinajstić information content (AvgIpc) is 2.57. The summed E-state index contributed by atoms with van der Waals surface area (Å²) in [6.07, 6.45) is -1.92. The number of carbonyl (C=O) groups excluding carboxylic acids is 1. The first-order valence-corrected chi connectivity index (χ1v) is 5.36. The van der Waals surface area contributed by atoms with Gasteiger partial charge in [-0.1, -0.05) is 53.5 Å². The van der Waals surface area contributed by atoms with E-state index in [4.69, 9.17) is 27.9 Å². The number of hydrogen-bond acceptors (Lipinski definition) is 3. The van der Waals surface area contributed by atoms with Gasteiger partial charge < -0.3 is 9.84 Å². The van der Waals surface area contributed by atoms with Gasteiger partial charge in [0.1, 0.15) is 11.1 Å². The molecule has 5 heteroatoms. The Labute approximate surface area is 102 Å². The fourth-order valence-corrected chi connectivity index (χ4v) is 1.86. The summed E-state index contributed by atoms with van der Waals surface area (Å²) in [6.45, 7) is 0. The first kappa shape index (κ1) is 11.5. The van der Waals surface area contributed by atoms with Crippen LogP contribution < -0.4 is 0 Å². The highest BCUT2D eigenvalue weighted by Gasteiger charge is 2.37. The van der Waals surface area contributed by atoms with E-state index in [1.807, 2.05) is 6.07 Å². The maximum absolute atomic E-state index is 11.1. The molecule has 84 valence electrons. The van der Waals surface area contributed by atoms with Crippen LogP contribution in [0.5, 0.6) is 0 Å². The first-order chi connectivity index (χ1) is 7.61. The number of ether oxygens (including phenoxy) is 1. The van der Waals surface area contributed by atoms with Gasteiger partial charge in [-0.05, 0) is 5.56 Å². The number of aliphatic hydroxyl groups is 1. The lowest BCUT2D eigenvalue weighted by molar-refractivity contribution is -0.143. The van der Waals surface area contributed by atoms with Crippen LogP contribution in [0.3, 0.4) is 0 Å². The van der Waals surface area contributed by atoms with Gasteiger partial charge in [0.25, 0.3) is 0 Å². The molecule has 0 unspecified atom stereocenters. The summed E-state index contributed by atoms with van der Waals surface area (Å²) in [7, 11) is 0. The second-order valence-corrected chi connectivity index (χ2v) is 4.13. The van der Waals surface area contributed by atoms with E-state index in [1.165, 1.54) is 0 Å². The maximum Gasteiger partial charge on any atom is 0.351 e. The number of esters is 1. The summed E-state index contributed by atoms with van der Waals surface area (Å²) in [5, 5.41) is 9.85. The summed E-state index contributed by atoms with van der Waals surface area (Å²) < 4.78 is 4.88. The molecule has 0 amide bonds. The van der Waals surface area contributed by atoms with E-state index in [-0.39, 0.29) is 10.1 Å². The second-order valence-electron chi connectivity index (χ2n) is 3.34. The van der Waals surface area contributed by atoms with Crippen LogP contribution in [-0.2, 0) is 9.53 Å². The largest absolute Gasteiger partial charge is 0.449 e. The van der Waals surface area contributed by atoms with Crippen molar-refractivity contribution in [3.8, 4) is 0 Å². The molecule has 0 fully saturated rings. The Morgan fingerprint density at radius 2 is 1.88 bits per heavy atom. The predicted molar refractivity (Wildman–Crippen MR) is 60.0 cm³/mol. The van der Waals surface area contributed by atoms with E-state index in [1.54, 1.807) is 24.3 Å². The minimum atomic E-state index is -1.01. The Morgan fingerprint density at radius 3 is 2.38 bits per heavy atom. The van der Waals surface area contributed by atoms with Crippen LogP contribution in [0.15, 0.2) is 40.4 Å². The molecule has 1 aliphatic heterocycles. The molecule has 1 heterocycles. The van der Waals surface area contributed by atoms with Crippen LogP contribution in [-0.4, -0.2) is 17.2 Å². The molecule has 16 heavy (non-hydrogen) atoms. The van der Waals surface area contributed by atoms with Gasteiger partial charge in [0.2, 0.25) is 0 Å². The lowest BCUT2D eigenvalue weighted by Crippen LogP contribution is -2.20. The van der Waals surface area contributed by atoms with E-state index >= 15 is 0 Å². The Hall–Kier alpha value is -1.03. The minimum Gasteiger partial charge on any atom is -0.449 e. The molecule has 0 saturated carbocycles. The Morgan fingerprint density at radius 1 is 1.25 bits per heavy atom. The van der Waals surface area contributed by atoms with Crippen LogP contribution in [0.2, 0.25) is 0 Å². The van der Waals surface area contributed by atoms with E-state index < -0.39 is 18.2 Å². The van der Waals surface area contributed by atoms with Crippen LogP contribution in [0, 0.1) is 0 Å². The average molecular weight is 259 g/mol. The smallest absolute Gasteiger partial charge is 0.351 e. The SMILES string of the molecule is O=C1O[C@H]([C@H](O)c2ccccc2)C(Cl)=C1Cl. The third kappa shape index (κ3) is 1.94. The van der Waals surface area contributed by atoms with Crippen LogP contribution in [0.4, 0.5) is 0 Å². The highest BCUT2D eigenvalue weighted by atomic mass is 35.5. The highest BCUT2D eigenvalue weighted by Crippen LogP contribution is 2.35. The lowest BCUT2D eigenvalue weighted by atomic mass is 10.0. The number of cyclic esters (lactones) is 1. The van der Waals surface area contributed by atoms with Gasteiger partial charge in [-0.25, -0.2) is 4.79 Å². The Balaban J connectivity index is 2.25.